The highest BCUT2D eigenvalue weighted by Crippen LogP contribution is 2.22. The van der Waals surface area contributed by atoms with Crippen LogP contribution in [0.2, 0.25) is 0 Å². The summed E-state index contributed by atoms with van der Waals surface area (Å²) in [7, 11) is 0. The summed E-state index contributed by atoms with van der Waals surface area (Å²) in [5.41, 5.74) is 0. The summed E-state index contributed by atoms with van der Waals surface area (Å²) in [6, 6.07) is 5.27. The van der Waals surface area contributed by atoms with E-state index >= 15 is 0 Å². The van der Waals surface area contributed by atoms with Gasteiger partial charge >= 0.3 is 5.24 Å². The minimum atomic E-state index is -0.159. The Balaban J connectivity index is 2.34. The summed E-state index contributed by atoms with van der Waals surface area (Å²) < 4.78 is 0. The predicted molar refractivity (Wildman–Crippen MR) is 57.9 cm³/mol. The molecule has 4 nitrogen and oxygen atoms in total. The first-order valence-corrected chi connectivity index (χ1v) is 5.24. The van der Waals surface area contributed by atoms with Crippen molar-refractivity contribution in [2.24, 2.45) is 5.10 Å². The van der Waals surface area contributed by atoms with Gasteiger partial charge in [0, 0.05) is 6.20 Å². The van der Waals surface area contributed by atoms with E-state index in [0.717, 1.165) is 11.8 Å². The molecule has 0 aliphatic carbocycles. The van der Waals surface area contributed by atoms with Crippen molar-refractivity contribution in [1.82, 2.24) is 4.98 Å². The standard InChI is InChI=1S/C8H6ClN3OS/c9-6-5-14-8(13)12(11-6)7-3-1-2-4-10-7/h1-4H,5H2. The maximum Gasteiger partial charge on any atom is 0.308 e. The number of carbonyl (C=O) groups excluding carboxylic acids is 1. The molecule has 6 heteroatoms. The van der Waals surface area contributed by atoms with Gasteiger partial charge in [-0.1, -0.05) is 29.4 Å². The van der Waals surface area contributed by atoms with Gasteiger partial charge in [0.2, 0.25) is 0 Å². The minimum Gasteiger partial charge on any atom is -0.259 e. The highest BCUT2D eigenvalue weighted by atomic mass is 35.5. The van der Waals surface area contributed by atoms with Gasteiger partial charge in [0.1, 0.15) is 5.17 Å². The van der Waals surface area contributed by atoms with E-state index in [1.54, 1.807) is 24.4 Å². The first-order valence-electron chi connectivity index (χ1n) is 3.88. The van der Waals surface area contributed by atoms with E-state index in [4.69, 9.17) is 11.6 Å². The van der Waals surface area contributed by atoms with Crippen molar-refractivity contribution in [3.8, 4) is 0 Å². The zero-order valence-corrected chi connectivity index (χ0v) is 8.63. The molecule has 1 aromatic rings. The molecule has 14 heavy (non-hydrogen) atoms. The molecule has 0 saturated carbocycles. The number of nitrogens with zero attached hydrogens (tertiary/aromatic N) is 3. The average molecular weight is 228 g/mol. The number of thioether (sulfide) groups is 1. The molecule has 0 fully saturated rings. The number of anilines is 1. The summed E-state index contributed by atoms with van der Waals surface area (Å²) >= 11 is 6.85. The summed E-state index contributed by atoms with van der Waals surface area (Å²) in [4.78, 5) is 15.4. The van der Waals surface area contributed by atoms with Crippen LogP contribution in [0.1, 0.15) is 0 Å². The molecule has 0 saturated heterocycles. The molecule has 0 bridgehead atoms. The third-order valence-corrected chi connectivity index (χ3v) is 2.77. The second kappa shape index (κ2) is 3.98. The van der Waals surface area contributed by atoms with E-state index in [9.17, 15) is 4.79 Å². The number of halogens is 1. The van der Waals surface area contributed by atoms with Gasteiger partial charge in [-0.3, -0.25) is 4.79 Å². The average Bonchev–Trinajstić information content (AvgIpc) is 2.23. The van der Waals surface area contributed by atoms with Crippen LogP contribution in [0.15, 0.2) is 29.5 Å². The lowest BCUT2D eigenvalue weighted by Gasteiger charge is -2.19. The summed E-state index contributed by atoms with van der Waals surface area (Å²) in [6.45, 7) is 0. The predicted octanol–water partition coefficient (Wildman–Crippen LogP) is 2.31. The lowest BCUT2D eigenvalue weighted by atomic mass is 10.5. The van der Waals surface area contributed by atoms with E-state index in [0.29, 0.717) is 16.7 Å². The molecule has 0 atom stereocenters. The number of amides is 1. The van der Waals surface area contributed by atoms with Gasteiger partial charge in [-0.2, -0.15) is 10.1 Å². The molecule has 2 heterocycles. The Kier molecular flexibility index (Phi) is 2.69. The van der Waals surface area contributed by atoms with Crippen LogP contribution >= 0.6 is 23.4 Å². The molecule has 0 spiro atoms. The second-order valence-electron chi connectivity index (χ2n) is 2.53. The monoisotopic (exact) mass is 227 g/mol. The molecule has 2 rings (SSSR count). The Bertz CT molecular complexity index is 381. The largest absolute Gasteiger partial charge is 0.308 e. The van der Waals surface area contributed by atoms with Crippen LogP contribution in [0.5, 0.6) is 0 Å². The first kappa shape index (κ1) is 9.48. The lowest BCUT2D eigenvalue weighted by Crippen LogP contribution is -2.28. The van der Waals surface area contributed by atoms with E-state index in [-0.39, 0.29) is 5.24 Å². The number of carbonyl (C=O) groups is 1. The summed E-state index contributed by atoms with van der Waals surface area (Å²) in [5.74, 6) is 0.923. The van der Waals surface area contributed by atoms with E-state index in [1.807, 2.05) is 0 Å². The van der Waals surface area contributed by atoms with Crippen LogP contribution in [0.4, 0.5) is 10.6 Å². The third-order valence-electron chi connectivity index (χ3n) is 1.56. The minimum absolute atomic E-state index is 0.159. The van der Waals surface area contributed by atoms with Crippen molar-refractivity contribution in [2.75, 3.05) is 10.8 Å². The highest BCUT2D eigenvalue weighted by Gasteiger charge is 2.22. The van der Waals surface area contributed by atoms with E-state index < -0.39 is 0 Å². The molecule has 1 aromatic heterocycles. The Morgan fingerprint density at radius 1 is 1.50 bits per heavy atom. The van der Waals surface area contributed by atoms with Crippen molar-refractivity contribution in [3.63, 3.8) is 0 Å². The molecule has 1 aliphatic rings. The molecule has 0 radical (unpaired) electrons. The van der Waals surface area contributed by atoms with Gasteiger partial charge in [-0.05, 0) is 12.1 Å². The highest BCUT2D eigenvalue weighted by molar-refractivity contribution is 8.14. The topological polar surface area (TPSA) is 45.6 Å². The zero-order valence-electron chi connectivity index (χ0n) is 7.05. The molecular formula is C8H6ClN3OS. The molecule has 72 valence electrons. The normalized spacial score (nSPS) is 16.8. The number of aromatic nitrogens is 1. The van der Waals surface area contributed by atoms with Gasteiger partial charge < -0.3 is 0 Å². The quantitative estimate of drug-likeness (QED) is 0.740. The molecular weight excluding hydrogens is 222 g/mol. The number of rotatable bonds is 1. The number of hydrogen-bond donors (Lipinski definition) is 0. The fraction of sp³-hybridized carbons (Fsp3) is 0.125. The van der Waals surface area contributed by atoms with Crippen LogP contribution in [-0.2, 0) is 0 Å². The Hall–Kier alpha value is -1.07. The maximum absolute atomic E-state index is 11.4. The second-order valence-corrected chi connectivity index (χ2v) is 3.89. The molecule has 0 unspecified atom stereocenters. The van der Waals surface area contributed by atoms with Crippen molar-refractivity contribution >= 4 is 39.6 Å². The maximum atomic E-state index is 11.4. The Morgan fingerprint density at radius 3 is 3.07 bits per heavy atom. The van der Waals surface area contributed by atoms with Gasteiger partial charge in [-0.25, -0.2) is 4.98 Å². The van der Waals surface area contributed by atoms with E-state index in [1.165, 1.54) is 5.01 Å². The van der Waals surface area contributed by atoms with Crippen molar-refractivity contribution in [3.05, 3.63) is 24.4 Å². The first-order chi connectivity index (χ1) is 6.77. The summed E-state index contributed by atoms with van der Waals surface area (Å²) in [6.07, 6.45) is 1.60. The lowest BCUT2D eigenvalue weighted by molar-refractivity contribution is 0.265. The molecule has 1 aliphatic heterocycles. The van der Waals surface area contributed by atoms with Crippen molar-refractivity contribution in [1.29, 1.82) is 0 Å². The van der Waals surface area contributed by atoms with Gasteiger partial charge in [-0.15, -0.1) is 0 Å². The molecule has 1 amide bonds. The van der Waals surface area contributed by atoms with E-state index in [2.05, 4.69) is 10.1 Å². The van der Waals surface area contributed by atoms with Crippen molar-refractivity contribution < 1.29 is 4.79 Å². The Morgan fingerprint density at radius 2 is 2.36 bits per heavy atom. The van der Waals surface area contributed by atoms with Crippen LogP contribution in [0, 0.1) is 0 Å². The third kappa shape index (κ3) is 1.88. The SMILES string of the molecule is O=C1SCC(Cl)=NN1c1ccccn1. The number of hydrogen-bond acceptors (Lipinski definition) is 4. The number of pyridine rings is 1. The Labute approximate surface area is 90.0 Å². The van der Waals surface area contributed by atoms with Crippen LogP contribution in [-0.4, -0.2) is 21.1 Å². The molecule has 0 aromatic carbocycles. The van der Waals surface area contributed by atoms with Crippen LogP contribution in [0.3, 0.4) is 0 Å². The molecule has 0 N–H and O–H groups in total. The van der Waals surface area contributed by atoms with Gasteiger partial charge in [0.25, 0.3) is 0 Å². The fourth-order valence-electron chi connectivity index (χ4n) is 0.984. The van der Waals surface area contributed by atoms with Crippen LogP contribution in [0.25, 0.3) is 0 Å². The smallest absolute Gasteiger partial charge is 0.259 e. The van der Waals surface area contributed by atoms with Crippen molar-refractivity contribution in [2.45, 2.75) is 0 Å². The zero-order chi connectivity index (χ0) is 9.97. The summed E-state index contributed by atoms with van der Waals surface area (Å²) in [5, 5.41) is 5.36. The fourth-order valence-corrected chi connectivity index (χ4v) is 1.78. The number of hydrazone groups is 1. The van der Waals surface area contributed by atoms with Gasteiger partial charge in [0.15, 0.2) is 5.82 Å². The van der Waals surface area contributed by atoms with Gasteiger partial charge in [0.05, 0.1) is 5.75 Å². The van der Waals surface area contributed by atoms with Crippen LogP contribution < -0.4 is 5.01 Å².